The second-order valence-electron chi connectivity index (χ2n) is 6.90. The third kappa shape index (κ3) is 4.17. The predicted octanol–water partition coefficient (Wildman–Crippen LogP) is 3.20. The van der Waals surface area contributed by atoms with Gasteiger partial charge in [-0.3, -0.25) is 9.59 Å². The maximum Gasteiger partial charge on any atom is 0.258 e. The monoisotopic (exact) mass is 369 g/mol. The molecule has 0 atom stereocenters. The van der Waals surface area contributed by atoms with Gasteiger partial charge in [0.2, 0.25) is 0 Å². The number of carbonyl (C=O) groups excluding carboxylic acids is 2. The number of nitrogens with one attached hydrogen (secondary N) is 1. The third-order valence-corrected chi connectivity index (χ3v) is 5.10. The number of nitrogens with zero attached hydrogens (tertiary/aromatic N) is 1. The number of amides is 2. The maximum absolute atomic E-state index is 13.9. The van der Waals surface area contributed by atoms with Gasteiger partial charge in [-0.25, -0.2) is 4.39 Å². The Morgan fingerprint density at radius 3 is 2.44 bits per heavy atom. The molecule has 3 rings (SSSR count). The Kier molecular flexibility index (Phi) is 5.86. The first-order valence-electron chi connectivity index (χ1n) is 9.16. The van der Waals surface area contributed by atoms with Crippen molar-refractivity contribution in [1.29, 1.82) is 0 Å². The van der Waals surface area contributed by atoms with Gasteiger partial charge >= 0.3 is 0 Å². The fourth-order valence-corrected chi connectivity index (χ4v) is 3.38. The fourth-order valence-electron chi connectivity index (χ4n) is 3.38. The first kappa shape index (κ1) is 19.0. The Morgan fingerprint density at radius 1 is 1.11 bits per heavy atom. The van der Waals surface area contributed by atoms with Crippen LogP contribution in [-0.2, 0) is 0 Å². The molecule has 0 aliphatic carbocycles. The summed E-state index contributed by atoms with van der Waals surface area (Å²) < 4.78 is 13.9. The van der Waals surface area contributed by atoms with E-state index in [1.165, 1.54) is 18.2 Å². The van der Waals surface area contributed by atoms with Crippen molar-refractivity contribution in [3.63, 3.8) is 0 Å². The first-order valence-corrected chi connectivity index (χ1v) is 9.16. The highest BCUT2D eigenvalue weighted by atomic mass is 19.1. The van der Waals surface area contributed by atoms with Gasteiger partial charge in [0.15, 0.2) is 0 Å². The van der Waals surface area contributed by atoms with E-state index < -0.39 is 11.7 Å². The van der Waals surface area contributed by atoms with Crippen LogP contribution in [-0.4, -0.2) is 36.3 Å². The van der Waals surface area contributed by atoms with Gasteiger partial charge in [-0.2, -0.15) is 0 Å². The third-order valence-electron chi connectivity index (χ3n) is 5.10. The molecule has 6 heteroatoms. The molecule has 0 spiro atoms. The van der Waals surface area contributed by atoms with Crippen molar-refractivity contribution >= 4 is 17.5 Å². The number of benzene rings is 2. The van der Waals surface area contributed by atoms with Crippen LogP contribution in [0, 0.1) is 18.7 Å². The average Bonchev–Trinajstić information content (AvgIpc) is 2.69. The Morgan fingerprint density at radius 2 is 1.78 bits per heavy atom. The second-order valence-corrected chi connectivity index (χ2v) is 6.90. The number of anilines is 1. The summed E-state index contributed by atoms with van der Waals surface area (Å²) in [6.07, 6.45) is 1.76. The van der Waals surface area contributed by atoms with Gasteiger partial charge in [0.1, 0.15) is 5.82 Å². The van der Waals surface area contributed by atoms with Crippen LogP contribution in [0.2, 0.25) is 0 Å². The molecule has 2 aromatic rings. The number of aryl methyl sites for hydroxylation is 1. The second kappa shape index (κ2) is 8.31. The minimum absolute atomic E-state index is 0.0529. The Labute approximate surface area is 158 Å². The van der Waals surface area contributed by atoms with Crippen LogP contribution in [0.1, 0.15) is 39.1 Å². The lowest BCUT2D eigenvalue weighted by molar-refractivity contribution is 0.0694. The number of para-hydroxylation sites is 1. The number of carbonyl (C=O) groups is 2. The van der Waals surface area contributed by atoms with Crippen LogP contribution in [0.3, 0.4) is 0 Å². The molecule has 1 aliphatic rings. The molecule has 0 saturated carbocycles. The fraction of sp³-hybridized carbons (Fsp3) is 0.333. The van der Waals surface area contributed by atoms with Crippen LogP contribution in [0.4, 0.5) is 10.1 Å². The molecule has 2 amide bonds. The highest BCUT2D eigenvalue weighted by Gasteiger charge is 2.25. The minimum atomic E-state index is -0.597. The lowest BCUT2D eigenvalue weighted by Crippen LogP contribution is -2.40. The highest BCUT2D eigenvalue weighted by Crippen LogP contribution is 2.25. The van der Waals surface area contributed by atoms with Crippen molar-refractivity contribution in [2.24, 2.45) is 11.7 Å². The Balaban J connectivity index is 1.84. The number of hydrogen-bond acceptors (Lipinski definition) is 3. The molecular formula is C21H24FN3O2. The van der Waals surface area contributed by atoms with Crippen molar-refractivity contribution in [2.75, 3.05) is 25.0 Å². The molecule has 5 nitrogen and oxygen atoms in total. The SMILES string of the molecule is Cc1cccc(C(=O)N2CCC(CN)CC2)c1NC(=O)c1ccccc1F. The number of piperidine rings is 1. The normalized spacial score (nSPS) is 14.9. The van der Waals surface area contributed by atoms with E-state index in [1.54, 1.807) is 23.1 Å². The zero-order valence-electron chi connectivity index (χ0n) is 15.4. The van der Waals surface area contributed by atoms with Gasteiger partial charge in [0.05, 0.1) is 16.8 Å². The van der Waals surface area contributed by atoms with E-state index in [-0.39, 0.29) is 11.5 Å². The van der Waals surface area contributed by atoms with Crippen LogP contribution in [0.15, 0.2) is 42.5 Å². The van der Waals surface area contributed by atoms with E-state index >= 15 is 0 Å². The number of hydrogen-bond donors (Lipinski definition) is 2. The molecule has 1 heterocycles. The molecule has 0 unspecified atom stereocenters. The molecule has 1 aliphatic heterocycles. The summed E-state index contributed by atoms with van der Waals surface area (Å²) in [5.74, 6) is -0.844. The van der Waals surface area contributed by atoms with Crippen LogP contribution >= 0.6 is 0 Å². The van der Waals surface area contributed by atoms with Crippen molar-refractivity contribution in [2.45, 2.75) is 19.8 Å². The summed E-state index contributed by atoms with van der Waals surface area (Å²) in [7, 11) is 0. The molecule has 0 aromatic heterocycles. The Hall–Kier alpha value is -2.73. The molecule has 1 saturated heterocycles. The zero-order chi connectivity index (χ0) is 19.4. The molecule has 142 valence electrons. The van der Waals surface area contributed by atoms with E-state index in [2.05, 4.69) is 5.32 Å². The summed E-state index contributed by atoms with van der Waals surface area (Å²) in [5, 5.41) is 2.73. The van der Waals surface area contributed by atoms with Crippen LogP contribution in [0.5, 0.6) is 0 Å². The van der Waals surface area contributed by atoms with Gasteiger partial charge in [-0.1, -0.05) is 24.3 Å². The summed E-state index contributed by atoms with van der Waals surface area (Å²) in [5.41, 5.74) is 7.27. The highest BCUT2D eigenvalue weighted by molar-refractivity contribution is 6.09. The topological polar surface area (TPSA) is 75.4 Å². The molecule has 2 aromatic carbocycles. The number of halogens is 1. The molecule has 0 bridgehead atoms. The molecule has 0 radical (unpaired) electrons. The first-order chi connectivity index (χ1) is 13.0. The lowest BCUT2D eigenvalue weighted by Gasteiger charge is -2.32. The van der Waals surface area contributed by atoms with Crippen LogP contribution in [0.25, 0.3) is 0 Å². The van der Waals surface area contributed by atoms with E-state index in [0.717, 1.165) is 18.4 Å². The lowest BCUT2D eigenvalue weighted by atomic mass is 9.96. The van der Waals surface area contributed by atoms with Crippen LogP contribution < -0.4 is 11.1 Å². The Bertz CT molecular complexity index is 845. The van der Waals surface area contributed by atoms with Gasteiger partial charge in [-0.15, -0.1) is 0 Å². The maximum atomic E-state index is 13.9. The number of nitrogens with two attached hydrogens (primary N) is 1. The van der Waals surface area contributed by atoms with E-state index in [4.69, 9.17) is 5.73 Å². The van der Waals surface area contributed by atoms with Crippen molar-refractivity contribution in [3.05, 3.63) is 65.0 Å². The van der Waals surface area contributed by atoms with E-state index in [9.17, 15) is 14.0 Å². The van der Waals surface area contributed by atoms with Crippen molar-refractivity contribution < 1.29 is 14.0 Å². The standard InChI is InChI=1S/C21H24FN3O2/c1-14-5-4-7-17(21(27)25-11-9-15(13-23)10-12-25)19(14)24-20(26)16-6-2-3-8-18(16)22/h2-8,15H,9-13,23H2,1H3,(H,24,26). The molecule has 3 N–H and O–H groups in total. The quantitative estimate of drug-likeness (QED) is 0.869. The van der Waals surface area contributed by atoms with E-state index in [0.29, 0.717) is 36.8 Å². The predicted molar refractivity (Wildman–Crippen MR) is 103 cm³/mol. The zero-order valence-corrected chi connectivity index (χ0v) is 15.4. The smallest absolute Gasteiger partial charge is 0.258 e. The van der Waals surface area contributed by atoms with Gasteiger partial charge < -0.3 is 16.0 Å². The van der Waals surface area contributed by atoms with Gasteiger partial charge in [0, 0.05) is 13.1 Å². The van der Waals surface area contributed by atoms with Crippen molar-refractivity contribution in [1.82, 2.24) is 4.90 Å². The van der Waals surface area contributed by atoms with Crippen molar-refractivity contribution in [3.8, 4) is 0 Å². The van der Waals surface area contributed by atoms with Gasteiger partial charge in [0.25, 0.3) is 11.8 Å². The summed E-state index contributed by atoms with van der Waals surface area (Å²) in [6, 6.07) is 11.1. The van der Waals surface area contributed by atoms with Gasteiger partial charge in [-0.05, 0) is 56.0 Å². The summed E-state index contributed by atoms with van der Waals surface area (Å²) in [6.45, 7) is 3.75. The number of rotatable bonds is 4. The summed E-state index contributed by atoms with van der Waals surface area (Å²) >= 11 is 0. The minimum Gasteiger partial charge on any atom is -0.339 e. The largest absolute Gasteiger partial charge is 0.339 e. The average molecular weight is 369 g/mol. The summed E-state index contributed by atoms with van der Waals surface area (Å²) in [4.78, 5) is 27.3. The molecule has 27 heavy (non-hydrogen) atoms. The number of likely N-dealkylation sites (tertiary alicyclic amines) is 1. The van der Waals surface area contributed by atoms with E-state index in [1.807, 2.05) is 13.0 Å². The molecular weight excluding hydrogens is 345 g/mol. The molecule has 1 fully saturated rings.